The van der Waals surface area contributed by atoms with Gasteiger partial charge in [0.05, 0.1) is 30.9 Å². The van der Waals surface area contributed by atoms with Crippen LogP contribution < -0.4 is 15.4 Å². The monoisotopic (exact) mass is 406 g/mol. The normalized spacial score (nSPS) is 10.8. The third-order valence-electron chi connectivity index (χ3n) is 4.48. The fourth-order valence-electron chi connectivity index (χ4n) is 2.92. The van der Waals surface area contributed by atoms with Crippen molar-refractivity contribution in [2.24, 2.45) is 0 Å². The quantitative estimate of drug-likeness (QED) is 0.440. The third kappa shape index (κ3) is 4.75. The molecule has 0 atom stereocenters. The lowest BCUT2D eigenvalue weighted by Gasteiger charge is -2.08. The number of aromatic nitrogens is 4. The number of nitrogens with one attached hydrogen (secondary N) is 2. The Morgan fingerprint density at radius 1 is 1.20 bits per heavy atom. The molecule has 0 aliphatic heterocycles. The summed E-state index contributed by atoms with van der Waals surface area (Å²) in [6.07, 6.45) is 4.83. The van der Waals surface area contributed by atoms with E-state index in [1.54, 1.807) is 17.1 Å². The Labute approximate surface area is 173 Å². The second-order valence-corrected chi connectivity index (χ2v) is 6.71. The van der Waals surface area contributed by atoms with Crippen molar-refractivity contribution in [3.05, 3.63) is 66.5 Å². The van der Waals surface area contributed by atoms with Crippen LogP contribution >= 0.6 is 0 Å². The number of furan rings is 1. The molecule has 0 saturated heterocycles. The van der Waals surface area contributed by atoms with Crippen LogP contribution in [0.25, 0.3) is 11.0 Å². The number of aryl methyl sites for hydroxylation is 1. The van der Waals surface area contributed by atoms with Gasteiger partial charge in [-0.25, -0.2) is 14.6 Å². The van der Waals surface area contributed by atoms with Gasteiger partial charge in [0, 0.05) is 6.54 Å². The summed E-state index contributed by atoms with van der Waals surface area (Å²) in [4.78, 5) is 20.6. The molecule has 0 fully saturated rings. The van der Waals surface area contributed by atoms with E-state index in [2.05, 4.69) is 25.7 Å². The second kappa shape index (κ2) is 9.08. The zero-order valence-electron chi connectivity index (χ0n) is 16.5. The number of fused-ring (bicyclic) bond motifs is 1. The lowest BCUT2D eigenvalue weighted by Crippen LogP contribution is -2.31. The highest BCUT2D eigenvalue weighted by Gasteiger charge is 2.10. The number of benzene rings is 1. The van der Waals surface area contributed by atoms with Crippen LogP contribution in [-0.2, 0) is 17.9 Å². The largest absolute Gasteiger partial charge is 0.484 e. The maximum absolute atomic E-state index is 12.0. The first-order valence-corrected chi connectivity index (χ1v) is 9.58. The minimum Gasteiger partial charge on any atom is -0.484 e. The maximum atomic E-state index is 12.0. The number of anilines is 1. The SMILES string of the molecule is Cc1ccc(OCC(=O)NCCn2ncc3c(NCc4ccco4)ncnc32)cc1. The molecule has 0 aliphatic carbocycles. The van der Waals surface area contributed by atoms with Crippen LogP contribution in [0, 0.1) is 6.92 Å². The molecule has 9 heteroatoms. The van der Waals surface area contributed by atoms with Crippen molar-refractivity contribution in [2.45, 2.75) is 20.0 Å². The topological polar surface area (TPSA) is 107 Å². The Hall–Kier alpha value is -3.88. The zero-order valence-corrected chi connectivity index (χ0v) is 16.5. The van der Waals surface area contributed by atoms with E-state index < -0.39 is 0 Å². The number of ether oxygens (including phenoxy) is 1. The average Bonchev–Trinajstić information content (AvgIpc) is 3.42. The van der Waals surface area contributed by atoms with Gasteiger partial charge >= 0.3 is 0 Å². The van der Waals surface area contributed by atoms with E-state index in [-0.39, 0.29) is 12.5 Å². The second-order valence-electron chi connectivity index (χ2n) is 6.71. The smallest absolute Gasteiger partial charge is 0.258 e. The molecule has 154 valence electrons. The molecule has 9 nitrogen and oxygen atoms in total. The van der Waals surface area contributed by atoms with Crippen molar-refractivity contribution in [2.75, 3.05) is 18.5 Å². The number of rotatable bonds is 9. The molecular formula is C21H22N6O3. The van der Waals surface area contributed by atoms with Gasteiger partial charge in [0.2, 0.25) is 0 Å². The first-order valence-electron chi connectivity index (χ1n) is 9.58. The highest BCUT2D eigenvalue weighted by molar-refractivity contribution is 5.86. The summed E-state index contributed by atoms with van der Waals surface area (Å²) in [5, 5.41) is 11.2. The molecule has 2 N–H and O–H groups in total. The van der Waals surface area contributed by atoms with Gasteiger partial charge in [-0.05, 0) is 31.2 Å². The van der Waals surface area contributed by atoms with Crippen LogP contribution in [0.2, 0.25) is 0 Å². The molecule has 0 aliphatic rings. The van der Waals surface area contributed by atoms with E-state index in [0.717, 1.165) is 16.7 Å². The van der Waals surface area contributed by atoms with Crippen molar-refractivity contribution in [1.82, 2.24) is 25.1 Å². The van der Waals surface area contributed by atoms with Crippen molar-refractivity contribution in [1.29, 1.82) is 0 Å². The van der Waals surface area contributed by atoms with Crippen LogP contribution in [0.1, 0.15) is 11.3 Å². The minimum atomic E-state index is -0.192. The van der Waals surface area contributed by atoms with Gasteiger partial charge < -0.3 is 19.8 Å². The van der Waals surface area contributed by atoms with E-state index in [1.165, 1.54) is 6.33 Å². The van der Waals surface area contributed by atoms with E-state index in [0.29, 0.717) is 36.8 Å². The van der Waals surface area contributed by atoms with E-state index in [1.807, 2.05) is 43.3 Å². The molecule has 1 aromatic carbocycles. The van der Waals surface area contributed by atoms with Crippen molar-refractivity contribution in [3.63, 3.8) is 0 Å². The van der Waals surface area contributed by atoms with Crippen LogP contribution in [0.15, 0.2) is 59.6 Å². The van der Waals surface area contributed by atoms with E-state index in [4.69, 9.17) is 9.15 Å². The van der Waals surface area contributed by atoms with Crippen LogP contribution in [0.5, 0.6) is 5.75 Å². The first kappa shape index (κ1) is 19.4. The molecule has 30 heavy (non-hydrogen) atoms. The molecule has 3 heterocycles. The van der Waals surface area contributed by atoms with Gasteiger partial charge in [-0.15, -0.1) is 0 Å². The first-order chi connectivity index (χ1) is 14.7. The van der Waals surface area contributed by atoms with Gasteiger partial charge in [0.1, 0.15) is 23.7 Å². The Bertz CT molecular complexity index is 1110. The molecule has 0 spiro atoms. The molecule has 0 saturated carbocycles. The highest BCUT2D eigenvalue weighted by atomic mass is 16.5. The van der Waals surface area contributed by atoms with Gasteiger partial charge in [0.15, 0.2) is 12.3 Å². The number of nitrogens with zero attached hydrogens (tertiary/aromatic N) is 4. The molecule has 1 amide bonds. The van der Waals surface area contributed by atoms with E-state index >= 15 is 0 Å². The van der Waals surface area contributed by atoms with E-state index in [9.17, 15) is 4.79 Å². The summed E-state index contributed by atoms with van der Waals surface area (Å²) in [5.74, 6) is 1.96. The number of hydrogen-bond acceptors (Lipinski definition) is 7. The fourth-order valence-corrected chi connectivity index (χ4v) is 2.92. The average molecular weight is 406 g/mol. The predicted octanol–water partition coefficient (Wildman–Crippen LogP) is 2.54. The summed E-state index contributed by atoms with van der Waals surface area (Å²) in [6.45, 7) is 3.37. The minimum absolute atomic E-state index is 0.0358. The zero-order chi connectivity index (χ0) is 20.8. The highest BCUT2D eigenvalue weighted by Crippen LogP contribution is 2.19. The molecule has 4 aromatic rings. The van der Waals surface area contributed by atoms with Crippen molar-refractivity contribution in [3.8, 4) is 5.75 Å². The molecular weight excluding hydrogens is 384 g/mol. The van der Waals surface area contributed by atoms with Crippen molar-refractivity contribution < 1.29 is 13.9 Å². The number of carbonyl (C=O) groups excluding carboxylic acids is 1. The standard InChI is InChI=1S/C21H22N6O3/c1-15-4-6-16(7-5-15)30-13-19(28)22-8-9-27-21-18(12-26-27)20(24-14-25-21)23-11-17-3-2-10-29-17/h2-7,10,12,14H,8-9,11,13H2,1H3,(H,22,28)(H,23,24,25). The Balaban J connectivity index is 1.29. The maximum Gasteiger partial charge on any atom is 0.258 e. The Kier molecular flexibility index (Phi) is 5.88. The summed E-state index contributed by atoms with van der Waals surface area (Å²) in [5.41, 5.74) is 1.83. The third-order valence-corrected chi connectivity index (χ3v) is 4.48. The lowest BCUT2D eigenvalue weighted by molar-refractivity contribution is -0.123. The molecule has 3 aromatic heterocycles. The summed E-state index contributed by atoms with van der Waals surface area (Å²) < 4.78 is 12.5. The number of carbonyl (C=O) groups is 1. The summed E-state index contributed by atoms with van der Waals surface area (Å²) in [6, 6.07) is 11.3. The van der Waals surface area contributed by atoms with Gasteiger partial charge in [0.25, 0.3) is 5.91 Å². The lowest BCUT2D eigenvalue weighted by atomic mass is 10.2. The van der Waals surface area contributed by atoms with Crippen LogP contribution in [-0.4, -0.2) is 38.8 Å². The van der Waals surface area contributed by atoms with Crippen molar-refractivity contribution >= 4 is 22.8 Å². The van der Waals surface area contributed by atoms with Gasteiger partial charge in [-0.3, -0.25) is 4.79 Å². The van der Waals surface area contributed by atoms with Crippen LogP contribution in [0.4, 0.5) is 5.82 Å². The summed E-state index contributed by atoms with van der Waals surface area (Å²) >= 11 is 0. The molecule has 0 unspecified atom stereocenters. The predicted molar refractivity (Wildman–Crippen MR) is 111 cm³/mol. The molecule has 0 bridgehead atoms. The Morgan fingerprint density at radius 2 is 2.07 bits per heavy atom. The summed E-state index contributed by atoms with van der Waals surface area (Å²) in [7, 11) is 0. The van der Waals surface area contributed by atoms with Crippen LogP contribution in [0.3, 0.4) is 0 Å². The number of amides is 1. The molecule has 4 rings (SSSR count). The van der Waals surface area contributed by atoms with Gasteiger partial charge in [-0.2, -0.15) is 5.10 Å². The Morgan fingerprint density at radius 3 is 2.87 bits per heavy atom. The number of hydrogen-bond donors (Lipinski definition) is 2. The molecule has 0 radical (unpaired) electrons. The fraction of sp³-hybridized carbons (Fsp3) is 0.238. The van der Waals surface area contributed by atoms with Gasteiger partial charge in [-0.1, -0.05) is 17.7 Å².